The molecule has 1 amide bonds. The number of phenolic OH excluding ortho intramolecular Hbond substituents is 2. The van der Waals surface area contributed by atoms with Crippen molar-refractivity contribution in [1.82, 2.24) is 5.32 Å². The van der Waals surface area contributed by atoms with E-state index in [0.29, 0.717) is 25.3 Å². The SMILES string of the molecule is CCCCCCCCCCCC(=O)NCCc1ccc(O)cc1.NCCc1ccc(O)cc1. The Balaban J connectivity index is 0.000000451. The van der Waals surface area contributed by atoms with Gasteiger partial charge in [-0.15, -0.1) is 0 Å². The molecular formula is C28H44N2O3. The number of rotatable bonds is 15. The van der Waals surface area contributed by atoms with Gasteiger partial charge in [-0.3, -0.25) is 4.79 Å². The van der Waals surface area contributed by atoms with Crippen LogP contribution in [0.2, 0.25) is 0 Å². The molecule has 0 radical (unpaired) electrons. The van der Waals surface area contributed by atoms with Crippen LogP contribution < -0.4 is 11.1 Å². The summed E-state index contributed by atoms with van der Waals surface area (Å²) in [6.07, 6.45) is 13.8. The fraction of sp³-hybridized carbons (Fsp3) is 0.536. The van der Waals surface area contributed by atoms with Gasteiger partial charge >= 0.3 is 0 Å². The van der Waals surface area contributed by atoms with Crippen molar-refractivity contribution < 1.29 is 15.0 Å². The summed E-state index contributed by atoms with van der Waals surface area (Å²) in [5.41, 5.74) is 7.63. The summed E-state index contributed by atoms with van der Waals surface area (Å²) in [6, 6.07) is 14.2. The van der Waals surface area contributed by atoms with E-state index in [-0.39, 0.29) is 11.7 Å². The predicted molar refractivity (Wildman–Crippen MR) is 138 cm³/mol. The minimum atomic E-state index is 0.159. The Morgan fingerprint density at radius 2 is 1.18 bits per heavy atom. The fourth-order valence-electron chi connectivity index (χ4n) is 3.52. The number of hydrogen-bond donors (Lipinski definition) is 4. The first-order valence-electron chi connectivity index (χ1n) is 12.6. The monoisotopic (exact) mass is 456 g/mol. The molecule has 0 atom stereocenters. The van der Waals surface area contributed by atoms with Gasteiger partial charge in [0.1, 0.15) is 11.5 Å². The number of phenols is 2. The quantitative estimate of drug-likeness (QED) is 0.252. The summed E-state index contributed by atoms with van der Waals surface area (Å²) < 4.78 is 0. The molecule has 0 aromatic heterocycles. The van der Waals surface area contributed by atoms with Crippen LogP contribution in [0.1, 0.15) is 82.3 Å². The van der Waals surface area contributed by atoms with Gasteiger partial charge in [-0.2, -0.15) is 0 Å². The van der Waals surface area contributed by atoms with Crippen molar-refractivity contribution in [2.45, 2.75) is 84.0 Å². The molecule has 0 aliphatic heterocycles. The highest BCUT2D eigenvalue weighted by Crippen LogP contribution is 2.11. The third-order valence-electron chi connectivity index (χ3n) is 5.55. The molecule has 5 heteroatoms. The molecule has 0 unspecified atom stereocenters. The third-order valence-corrected chi connectivity index (χ3v) is 5.55. The van der Waals surface area contributed by atoms with E-state index in [1.54, 1.807) is 24.3 Å². The third kappa shape index (κ3) is 15.8. The standard InChI is InChI=1S/C20H33NO2.C8H11NO/c1-2-3-4-5-6-7-8-9-10-11-20(23)21-17-16-18-12-14-19(22)15-13-18;9-6-5-7-1-3-8(10)4-2-7/h12-15,22H,2-11,16-17H2,1H3,(H,21,23);1-4,10H,5-6,9H2. The first-order chi connectivity index (χ1) is 16.0. The number of nitrogens with two attached hydrogens (primary N) is 1. The lowest BCUT2D eigenvalue weighted by molar-refractivity contribution is -0.121. The van der Waals surface area contributed by atoms with Crippen molar-refractivity contribution in [3.63, 3.8) is 0 Å². The van der Waals surface area contributed by atoms with Crippen molar-refractivity contribution in [3.05, 3.63) is 59.7 Å². The van der Waals surface area contributed by atoms with Gasteiger partial charge in [0.05, 0.1) is 0 Å². The van der Waals surface area contributed by atoms with Crippen LogP contribution in [-0.2, 0) is 17.6 Å². The molecule has 0 bridgehead atoms. The zero-order valence-corrected chi connectivity index (χ0v) is 20.4. The van der Waals surface area contributed by atoms with Gasteiger partial charge in [0.15, 0.2) is 0 Å². The summed E-state index contributed by atoms with van der Waals surface area (Å²) in [4.78, 5) is 11.7. The Kier molecular flexibility index (Phi) is 16.4. The zero-order valence-electron chi connectivity index (χ0n) is 20.4. The maximum Gasteiger partial charge on any atom is 0.220 e. The average Bonchev–Trinajstić information content (AvgIpc) is 2.81. The largest absolute Gasteiger partial charge is 0.508 e. The van der Waals surface area contributed by atoms with Gasteiger partial charge in [-0.05, 0) is 61.2 Å². The van der Waals surface area contributed by atoms with Gasteiger partial charge < -0.3 is 21.3 Å². The topological polar surface area (TPSA) is 95.6 Å². The number of unbranched alkanes of at least 4 members (excludes halogenated alkanes) is 8. The Bertz CT molecular complexity index is 730. The van der Waals surface area contributed by atoms with Crippen LogP contribution in [-0.4, -0.2) is 29.2 Å². The van der Waals surface area contributed by atoms with Crippen LogP contribution in [0.5, 0.6) is 11.5 Å². The van der Waals surface area contributed by atoms with Gasteiger partial charge in [0, 0.05) is 13.0 Å². The zero-order chi connectivity index (χ0) is 24.2. The highest BCUT2D eigenvalue weighted by atomic mass is 16.3. The molecule has 0 heterocycles. The molecule has 2 aromatic rings. The molecule has 0 aliphatic rings. The Morgan fingerprint density at radius 1 is 0.727 bits per heavy atom. The average molecular weight is 457 g/mol. The number of carbonyl (C=O) groups excluding carboxylic acids is 1. The number of aromatic hydroxyl groups is 2. The molecule has 184 valence electrons. The Labute approximate surface area is 200 Å². The fourth-order valence-corrected chi connectivity index (χ4v) is 3.52. The molecule has 2 rings (SSSR count). The normalized spacial score (nSPS) is 10.4. The number of amides is 1. The summed E-state index contributed by atoms with van der Waals surface area (Å²) in [5.74, 6) is 0.746. The number of carbonyl (C=O) groups is 1. The number of benzene rings is 2. The molecule has 0 aliphatic carbocycles. The van der Waals surface area contributed by atoms with Crippen LogP contribution in [0.25, 0.3) is 0 Å². The smallest absolute Gasteiger partial charge is 0.220 e. The first kappa shape index (κ1) is 28.5. The van der Waals surface area contributed by atoms with Crippen LogP contribution >= 0.6 is 0 Å². The van der Waals surface area contributed by atoms with Crippen LogP contribution in [0, 0.1) is 0 Å². The van der Waals surface area contributed by atoms with Crippen molar-refractivity contribution in [3.8, 4) is 11.5 Å². The van der Waals surface area contributed by atoms with E-state index in [4.69, 9.17) is 10.8 Å². The predicted octanol–water partition coefficient (Wildman–Crippen LogP) is 5.87. The Morgan fingerprint density at radius 3 is 1.67 bits per heavy atom. The minimum absolute atomic E-state index is 0.159. The molecule has 33 heavy (non-hydrogen) atoms. The first-order valence-corrected chi connectivity index (χ1v) is 12.6. The van der Waals surface area contributed by atoms with Gasteiger partial charge in [-0.25, -0.2) is 0 Å². The van der Waals surface area contributed by atoms with Gasteiger partial charge in [0.25, 0.3) is 0 Å². The second-order valence-corrected chi connectivity index (χ2v) is 8.55. The summed E-state index contributed by atoms with van der Waals surface area (Å²) in [6.45, 7) is 3.57. The Hall–Kier alpha value is -2.53. The summed E-state index contributed by atoms with van der Waals surface area (Å²) in [5, 5.41) is 21.1. The van der Waals surface area contributed by atoms with Crippen LogP contribution in [0.15, 0.2) is 48.5 Å². The van der Waals surface area contributed by atoms with E-state index in [1.165, 1.54) is 56.9 Å². The van der Waals surface area contributed by atoms with Gasteiger partial charge in [0.2, 0.25) is 5.91 Å². The molecule has 0 spiro atoms. The molecule has 2 aromatic carbocycles. The second-order valence-electron chi connectivity index (χ2n) is 8.55. The van der Waals surface area contributed by atoms with Crippen molar-refractivity contribution in [2.75, 3.05) is 13.1 Å². The number of nitrogens with one attached hydrogen (secondary N) is 1. The lowest BCUT2D eigenvalue weighted by atomic mass is 10.1. The van der Waals surface area contributed by atoms with E-state index in [2.05, 4.69) is 12.2 Å². The second kappa shape index (κ2) is 19.0. The lowest BCUT2D eigenvalue weighted by Gasteiger charge is -2.06. The highest BCUT2D eigenvalue weighted by molar-refractivity contribution is 5.75. The van der Waals surface area contributed by atoms with Crippen molar-refractivity contribution in [1.29, 1.82) is 0 Å². The minimum Gasteiger partial charge on any atom is -0.508 e. The molecule has 0 saturated heterocycles. The number of hydrogen-bond acceptors (Lipinski definition) is 4. The molecule has 0 saturated carbocycles. The van der Waals surface area contributed by atoms with E-state index in [1.807, 2.05) is 24.3 Å². The molecule has 5 N–H and O–H groups in total. The highest BCUT2D eigenvalue weighted by Gasteiger charge is 2.01. The maximum absolute atomic E-state index is 11.7. The summed E-state index contributed by atoms with van der Waals surface area (Å²) in [7, 11) is 0. The van der Waals surface area contributed by atoms with Crippen molar-refractivity contribution >= 4 is 5.91 Å². The van der Waals surface area contributed by atoms with E-state index in [9.17, 15) is 9.90 Å². The van der Waals surface area contributed by atoms with Crippen molar-refractivity contribution in [2.24, 2.45) is 5.73 Å². The molecule has 0 fully saturated rings. The van der Waals surface area contributed by atoms with Crippen LogP contribution in [0.4, 0.5) is 0 Å². The van der Waals surface area contributed by atoms with Crippen LogP contribution in [0.3, 0.4) is 0 Å². The van der Waals surface area contributed by atoms with E-state index in [0.717, 1.165) is 24.8 Å². The molecular weight excluding hydrogens is 412 g/mol. The van der Waals surface area contributed by atoms with Gasteiger partial charge in [-0.1, -0.05) is 82.6 Å². The maximum atomic E-state index is 11.7. The van der Waals surface area contributed by atoms with E-state index >= 15 is 0 Å². The molecule has 5 nitrogen and oxygen atoms in total. The summed E-state index contributed by atoms with van der Waals surface area (Å²) >= 11 is 0. The lowest BCUT2D eigenvalue weighted by Crippen LogP contribution is -2.25. The van der Waals surface area contributed by atoms with E-state index < -0.39 is 0 Å².